The lowest BCUT2D eigenvalue weighted by Gasteiger charge is -2.20. The molecule has 1 saturated heterocycles. The Balaban J connectivity index is 2.32. The lowest BCUT2D eigenvalue weighted by atomic mass is 9.99. The Hall–Kier alpha value is -1.14. The molecule has 0 radical (unpaired) electrons. The van der Waals surface area contributed by atoms with Crippen molar-refractivity contribution in [3.8, 4) is 0 Å². The second-order valence-corrected chi connectivity index (χ2v) is 3.45. The smallest absolute Gasteiger partial charge is 0.325 e. The third-order valence-corrected chi connectivity index (χ3v) is 2.20. The molecule has 1 unspecified atom stereocenters. The van der Waals surface area contributed by atoms with Crippen molar-refractivity contribution in [3.63, 3.8) is 0 Å². The van der Waals surface area contributed by atoms with Crippen LogP contribution in [0.3, 0.4) is 0 Å². The molecule has 1 aliphatic heterocycles. The number of ether oxygens (including phenoxy) is 2. The fraction of sp³-hybridized carbons (Fsp3) is 0.778. The largest absolute Gasteiger partial charge is 0.465 e. The maximum Gasteiger partial charge on any atom is 0.325 e. The summed E-state index contributed by atoms with van der Waals surface area (Å²) in [4.78, 5) is 22.5. The van der Waals surface area contributed by atoms with Crippen molar-refractivity contribution in [3.05, 3.63) is 0 Å². The summed E-state index contributed by atoms with van der Waals surface area (Å²) in [7, 11) is 0. The quantitative estimate of drug-likeness (QED) is 0.575. The van der Waals surface area contributed by atoms with Crippen molar-refractivity contribution in [2.24, 2.45) is 5.73 Å². The number of carbonyl (C=O) groups excluding carboxylic acids is 2. The zero-order valence-corrected chi connectivity index (χ0v) is 8.75. The molecule has 86 valence electrons. The first-order valence-electron chi connectivity index (χ1n) is 4.89. The van der Waals surface area contributed by atoms with Crippen LogP contribution in [0, 0.1) is 0 Å². The Morgan fingerprint density at radius 1 is 1.60 bits per heavy atom. The van der Waals surface area contributed by atoms with Crippen LogP contribution in [-0.2, 0) is 19.1 Å². The van der Waals surface area contributed by atoms with Gasteiger partial charge in [-0.05, 0) is 13.3 Å². The third-order valence-electron chi connectivity index (χ3n) is 2.20. The van der Waals surface area contributed by atoms with Gasteiger partial charge in [0.05, 0.1) is 13.2 Å². The maximum absolute atomic E-state index is 11.6. The van der Waals surface area contributed by atoms with Gasteiger partial charge in [0.15, 0.2) is 0 Å². The summed E-state index contributed by atoms with van der Waals surface area (Å²) in [6, 6.07) is 0. The van der Waals surface area contributed by atoms with Crippen molar-refractivity contribution in [1.29, 1.82) is 0 Å². The lowest BCUT2D eigenvalue weighted by molar-refractivity contribution is -0.144. The van der Waals surface area contributed by atoms with Gasteiger partial charge in [0.1, 0.15) is 12.1 Å². The van der Waals surface area contributed by atoms with Gasteiger partial charge in [-0.3, -0.25) is 9.59 Å². The lowest BCUT2D eigenvalue weighted by Crippen LogP contribution is -2.55. The number of amides is 1. The van der Waals surface area contributed by atoms with Gasteiger partial charge >= 0.3 is 5.97 Å². The highest BCUT2D eigenvalue weighted by Gasteiger charge is 2.38. The van der Waals surface area contributed by atoms with Gasteiger partial charge in [0, 0.05) is 6.61 Å². The first kappa shape index (κ1) is 11.9. The minimum atomic E-state index is -0.994. The molecular weight excluding hydrogens is 200 g/mol. The van der Waals surface area contributed by atoms with Crippen LogP contribution in [-0.4, -0.2) is 43.8 Å². The zero-order chi connectivity index (χ0) is 11.3. The molecule has 3 N–H and O–H groups in total. The molecule has 15 heavy (non-hydrogen) atoms. The summed E-state index contributed by atoms with van der Waals surface area (Å²) in [5, 5.41) is 2.43. The van der Waals surface area contributed by atoms with E-state index < -0.39 is 11.5 Å². The van der Waals surface area contributed by atoms with Crippen LogP contribution in [0.2, 0.25) is 0 Å². The Morgan fingerprint density at radius 2 is 2.33 bits per heavy atom. The van der Waals surface area contributed by atoms with Crippen molar-refractivity contribution in [2.45, 2.75) is 18.9 Å². The number of hydrogen-bond acceptors (Lipinski definition) is 5. The van der Waals surface area contributed by atoms with Crippen LogP contribution >= 0.6 is 0 Å². The van der Waals surface area contributed by atoms with E-state index in [-0.39, 0.29) is 19.1 Å². The van der Waals surface area contributed by atoms with Crippen molar-refractivity contribution >= 4 is 11.9 Å². The topological polar surface area (TPSA) is 90.7 Å². The molecule has 6 heteroatoms. The summed E-state index contributed by atoms with van der Waals surface area (Å²) in [6.07, 6.45) is 0.474. The third kappa shape index (κ3) is 3.17. The number of esters is 1. The molecule has 1 aliphatic rings. The molecule has 1 rings (SSSR count). The van der Waals surface area contributed by atoms with Crippen molar-refractivity contribution in [1.82, 2.24) is 5.32 Å². The SMILES string of the molecule is CCOC(=O)CNC(=O)C1(N)CCOC1. The summed E-state index contributed by atoms with van der Waals surface area (Å²) >= 11 is 0. The molecule has 1 atom stereocenters. The van der Waals surface area contributed by atoms with Gasteiger partial charge in [0.25, 0.3) is 0 Å². The van der Waals surface area contributed by atoms with E-state index in [0.29, 0.717) is 19.6 Å². The van der Waals surface area contributed by atoms with Crippen molar-refractivity contribution in [2.75, 3.05) is 26.4 Å². The van der Waals surface area contributed by atoms with Crippen LogP contribution in [0.1, 0.15) is 13.3 Å². The Morgan fingerprint density at radius 3 is 2.87 bits per heavy atom. The average Bonchev–Trinajstić information content (AvgIpc) is 2.63. The highest BCUT2D eigenvalue weighted by molar-refractivity contribution is 5.89. The van der Waals surface area contributed by atoms with E-state index in [2.05, 4.69) is 10.1 Å². The fourth-order valence-electron chi connectivity index (χ4n) is 1.30. The number of nitrogens with two attached hydrogens (primary N) is 1. The molecule has 0 aromatic heterocycles. The summed E-state index contributed by atoms with van der Waals surface area (Å²) in [6.45, 7) is 2.52. The van der Waals surface area contributed by atoms with E-state index in [1.165, 1.54) is 0 Å². The first-order chi connectivity index (χ1) is 7.08. The Labute approximate surface area is 88.1 Å². The molecule has 0 aliphatic carbocycles. The van der Waals surface area contributed by atoms with E-state index in [4.69, 9.17) is 10.5 Å². The van der Waals surface area contributed by atoms with E-state index in [1.54, 1.807) is 6.92 Å². The minimum Gasteiger partial charge on any atom is -0.465 e. The number of rotatable bonds is 4. The Bertz CT molecular complexity index is 248. The molecule has 0 bridgehead atoms. The van der Waals surface area contributed by atoms with Crippen LogP contribution in [0.25, 0.3) is 0 Å². The highest BCUT2D eigenvalue weighted by atomic mass is 16.5. The van der Waals surface area contributed by atoms with Gasteiger partial charge in [-0.1, -0.05) is 0 Å². The normalized spacial score (nSPS) is 24.9. The average molecular weight is 216 g/mol. The minimum absolute atomic E-state index is 0.147. The summed E-state index contributed by atoms with van der Waals surface area (Å²) in [5.41, 5.74) is 4.78. The van der Waals surface area contributed by atoms with Crippen LogP contribution in [0.4, 0.5) is 0 Å². The molecule has 0 spiro atoms. The molecule has 1 heterocycles. The van der Waals surface area contributed by atoms with Gasteiger partial charge in [-0.25, -0.2) is 0 Å². The molecule has 0 aromatic rings. The second kappa shape index (κ2) is 5.09. The number of carbonyl (C=O) groups is 2. The van der Waals surface area contributed by atoms with Gasteiger partial charge in [-0.15, -0.1) is 0 Å². The zero-order valence-electron chi connectivity index (χ0n) is 8.75. The molecule has 0 saturated carbocycles. The molecule has 6 nitrogen and oxygen atoms in total. The number of hydrogen-bond donors (Lipinski definition) is 2. The van der Waals surface area contributed by atoms with Crippen LogP contribution in [0.5, 0.6) is 0 Å². The molecule has 0 aromatic carbocycles. The van der Waals surface area contributed by atoms with E-state index >= 15 is 0 Å². The van der Waals surface area contributed by atoms with Gasteiger partial charge in [0.2, 0.25) is 5.91 Å². The predicted octanol–water partition coefficient (Wildman–Crippen LogP) is -1.22. The predicted molar refractivity (Wildman–Crippen MR) is 52.0 cm³/mol. The van der Waals surface area contributed by atoms with E-state index in [0.717, 1.165) is 0 Å². The molecular formula is C9H16N2O4. The van der Waals surface area contributed by atoms with Crippen LogP contribution in [0.15, 0.2) is 0 Å². The van der Waals surface area contributed by atoms with Gasteiger partial charge < -0.3 is 20.5 Å². The van der Waals surface area contributed by atoms with Crippen LogP contribution < -0.4 is 11.1 Å². The monoisotopic (exact) mass is 216 g/mol. The summed E-state index contributed by atoms with van der Waals surface area (Å²) in [5.74, 6) is -0.832. The van der Waals surface area contributed by atoms with E-state index in [1.807, 2.05) is 0 Å². The molecule has 1 fully saturated rings. The molecule has 1 amide bonds. The maximum atomic E-state index is 11.6. The first-order valence-corrected chi connectivity index (χ1v) is 4.89. The number of nitrogens with one attached hydrogen (secondary N) is 1. The fourth-order valence-corrected chi connectivity index (χ4v) is 1.30. The standard InChI is InChI=1S/C9H16N2O4/c1-2-15-7(12)5-11-8(13)9(10)3-4-14-6-9/h2-6,10H2,1H3,(H,11,13). The highest BCUT2D eigenvalue weighted by Crippen LogP contribution is 2.14. The van der Waals surface area contributed by atoms with Gasteiger partial charge in [-0.2, -0.15) is 0 Å². The summed E-state index contributed by atoms with van der Waals surface area (Å²) < 4.78 is 9.70. The Kier molecular flexibility index (Phi) is 4.05. The van der Waals surface area contributed by atoms with E-state index in [9.17, 15) is 9.59 Å². The second-order valence-electron chi connectivity index (χ2n) is 3.45. The van der Waals surface area contributed by atoms with Crippen molar-refractivity contribution < 1.29 is 19.1 Å².